The maximum atomic E-state index is 12.1. The zero-order valence-corrected chi connectivity index (χ0v) is 10.9. The lowest BCUT2D eigenvalue weighted by atomic mass is 9.95. The van der Waals surface area contributed by atoms with Crippen LogP contribution < -0.4 is 5.32 Å². The summed E-state index contributed by atoms with van der Waals surface area (Å²) in [5.74, 6) is 0.913. The molecule has 0 spiro atoms. The van der Waals surface area contributed by atoms with Crippen LogP contribution in [0.1, 0.15) is 51.9 Å². The van der Waals surface area contributed by atoms with Gasteiger partial charge in [-0.1, -0.05) is 32.6 Å². The van der Waals surface area contributed by atoms with Crippen LogP contribution >= 0.6 is 0 Å². The molecule has 0 radical (unpaired) electrons. The Morgan fingerprint density at radius 3 is 2.67 bits per heavy atom. The lowest BCUT2D eigenvalue weighted by Gasteiger charge is -2.30. The number of unbranched alkanes of at least 4 members (excludes halogenated alkanes) is 2. The van der Waals surface area contributed by atoms with E-state index in [4.69, 9.17) is 0 Å². The Morgan fingerprint density at radius 2 is 2.00 bits per heavy atom. The maximum absolute atomic E-state index is 12.1. The van der Waals surface area contributed by atoms with Crippen LogP contribution in [0.15, 0.2) is 0 Å². The van der Waals surface area contributed by atoms with E-state index in [1.54, 1.807) is 0 Å². The fourth-order valence-electron chi connectivity index (χ4n) is 2.39. The van der Waals surface area contributed by atoms with Gasteiger partial charge in [-0.15, -0.1) is 0 Å². The van der Waals surface area contributed by atoms with Gasteiger partial charge in [-0.25, -0.2) is 0 Å². The smallest absolute Gasteiger partial charge is 0.0501 e. The van der Waals surface area contributed by atoms with Gasteiger partial charge in [-0.3, -0.25) is 4.21 Å². The van der Waals surface area contributed by atoms with Gasteiger partial charge in [0.2, 0.25) is 0 Å². The number of hydrogen-bond donors (Lipinski definition) is 1. The molecule has 0 amide bonds. The van der Waals surface area contributed by atoms with Gasteiger partial charge in [-0.05, 0) is 26.3 Å². The molecule has 0 aromatic heterocycles. The van der Waals surface area contributed by atoms with Crippen molar-refractivity contribution >= 4 is 10.8 Å². The maximum Gasteiger partial charge on any atom is 0.0501 e. The van der Waals surface area contributed by atoms with Gasteiger partial charge >= 0.3 is 0 Å². The summed E-state index contributed by atoms with van der Waals surface area (Å²) in [5, 5.41) is 3.75. The van der Waals surface area contributed by atoms with Gasteiger partial charge in [0.25, 0.3) is 0 Å². The highest BCUT2D eigenvalue weighted by atomic mass is 32.2. The highest BCUT2D eigenvalue weighted by Crippen LogP contribution is 2.23. The fraction of sp³-hybridized carbons (Fsp3) is 1.00. The second-order valence-electron chi connectivity index (χ2n) is 4.51. The standard InChI is InChI=1S/C12H25NOS/c1-3-4-7-10-15(14)12-9-6-5-8-11(12)13-2/h11-13H,3-10H2,1-2H3. The molecule has 0 bridgehead atoms. The van der Waals surface area contributed by atoms with Gasteiger partial charge in [0, 0.05) is 22.6 Å². The van der Waals surface area contributed by atoms with Crippen molar-refractivity contribution in [1.29, 1.82) is 0 Å². The predicted molar refractivity (Wildman–Crippen MR) is 67.6 cm³/mol. The van der Waals surface area contributed by atoms with E-state index in [1.807, 2.05) is 7.05 Å². The Balaban J connectivity index is 2.34. The van der Waals surface area contributed by atoms with Gasteiger partial charge < -0.3 is 5.32 Å². The molecule has 2 nitrogen and oxygen atoms in total. The Labute approximate surface area is 96.7 Å². The van der Waals surface area contributed by atoms with Crippen LogP contribution in [0.5, 0.6) is 0 Å². The van der Waals surface area contributed by atoms with Crippen molar-refractivity contribution in [2.45, 2.75) is 63.2 Å². The first-order valence-electron chi connectivity index (χ1n) is 6.34. The molecular weight excluding hydrogens is 206 g/mol. The molecule has 1 rings (SSSR count). The third-order valence-electron chi connectivity index (χ3n) is 3.36. The van der Waals surface area contributed by atoms with Crippen molar-refractivity contribution in [2.75, 3.05) is 12.8 Å². The molecule has 0 aliphatic heterocycles. The van der Waals surface area contributed by atoms with Crippen molar-refractivity contribution in [3.63, 3.8) is 0 Å². The van der Waals surface area contributed by atoms with Crippen LogP contribution in [0.2, 0.25) is 0 Å². The van der Waals surface area contributed by atoms with Crippen molar-refractivity contribution in [2.24, 2.45) is 0 Å². The summed E-state index contributed by atoms with van der Waals surface area (Å²) in [6.45, 7) is 2.19. The van der Waals surface area contributed by atoms with E-state index < -0.39 is 10.8 Å². The number of hydrogen-bond acceptors (Lipinski definition) is 2. The van der Waals surface area contributed by atoms with E-state index in [2.05, 4.69) is 12.2 Å². The van der Waals surface area contributed by atoms with Crippen molar-refractivity contribution in [3.8, 4) is 0 Å². The highest BCUT2D eigenvalue weighted by Gasteiger charge is 2.28. The number of nitrogens with one attached hydrogen (secondary N) is 1. The molecule has 0 aromatic carbocycles. The molecule has 15 heavy (non-hydrogen) atoms. The third kappa shape index (κ3) is 4.23. The summed E-state index contributed by atoms with van der Waals surface area (Å²) in [5.41, 5.74) is 0. The van der Waals surface area contributed by atoms with Crippen LogP contribution in [0.4, 0.5) is 0 Å². The molecule has 3 unspecified atom stereocenters. The second-order valence-corrected chi connectivity index (χ2v) is 6.29. The van der Waals surface area contributed by atoms with Gasteiger partial charge in [0.15, 0.2) is 0 Å². The molecule has 3 atom stereocenters. The lowest BCUT2D eigenvalue weighted by Crippen LogP contribution is -2.43. The molecule has 3 heteroatoms. The summed E-state index contributed by atoms with van der Waals surface area (Å²) in [7, 11) is 1.41. The van der Waals surface area contributed by atoms with Crippen LogP contribution in [0, 0.1) is 0 Å². The molecule has 1 saturated carbocycles. The van der Waals surface area contributed by atoms with E-state index >= 15 is 0 Å². The Bertz CT molecular complexity index is 196. The Morgan fingerprint density at radius 1 is 1.27 bits per heavy atom. The summed E-state index contributed by atoms with van der Waals surface area (Å²) in [6.07, 6.45) is 8.51. The topological polar surface area (TPSA) is 29.1 Å². The monoisotopic (exact) mass is 231 g/mol. The summed E-state index contributed by atoms with van der Waals surface area (Å²) in [4.78, 5) is 0. The van der Waals surface area contributed by atoms with Crippen LogP contribution in [-0.2, 0) is 10.8 Å². The van der Waals surface area contributed by atoms with Crippen LogP contribution in [-0.4, -0.2) is 28.3 Å². The summed E-state index contributed by atoms with van der Waals surface area (Å²) < 4.78 is 12.1. The summed E-state index contributed by atoms with van der Waals surface area (Å²) >= 11 is 0. The third-order valence-corrected chi connectivity index (χ3v) is 5.29. The molecule has 1 fully saturated rings. The normalized spacial score (nSPS) is 28.9. The molecule has 1 N–H and O–H groups in total. The number of rotatable bonds is 6. The Hall–Kier alpha value is 0.110. The minimum atomic E-state index is -0.600. The molecular formula is C12H25NOS. The van der Waals surface area contributed by atoms with Crippen LogP contribution in [0.3, 0.4) is 0 Å². The van der Waals surface area contributed by atoms with Gasteiger partial charge in [0.05, 0.1) is 5.25 Å². The summed E-state index contributed by atoms with van der Waals surface area (Å²) in [6, 6.07) is 0.501. The van der Waals surface area contributed by atoms with Crippen molar-refractivity contribution in [1.82, 2.24) is 5.32 Å². The van der Waals surface area contributed by atoms with E-state index in [-0.39, 0.29) is 0 Å². The molecule has 0 heterocycles. The zero-order chi connectivity index (χ0) is 11.1. The average molecular weight is 231 g/mol. The molecule has 0 aromatic rings. The Kier molecular flexibility index (Phi) is 6.50. The first-order chi connectivity index (χ1) is 7.29. The molecule has 90 valence electrons. The van der Waals surface area contributed by atoms with Gasteiger partial charge in [-0.2, -0.15) is 0 Å². The minimum absolute atomic E-state index is 0.417. The lowest BCUT2D eigenvalue weighted by molar-refractivity contribution is 0.399. The predicted octanol–water partition coefficient (Wildman–Crippen LogP) is 2.46. The van der Waals surface area contributed by atoms with Gasteiger partial charge in [0.1, 0.15) is 0 Å². The van der Waals surface area contributed by atoms with E-state index in [1.165, 1.54) is 32.1 Å². The van der Waals surface area contributed by atoms with Crippen molar-refractivity contribution < 1.29 is 4.21 Å². The largest absolute Gasteiger partial charge is 0.316 e. The zero-order valence-electron chi connectivity index (χ0n) is 10.1. The highest BCUT2D eigenvalue weighted by molar-refractivity contribution is 7.85. The molecule has 1 aliphatic rings. The SMILES string of the molecule is CCCCCS(=O)C1CCCCC1NC. The quantitative estimate of drug-likeness (QED) is 0.712. The van der Waals surface area contributed by atoms with E-state index in [0.29, 0.717) is 11.3 Å². The minimum Gasteiger partial charge on any atom is -0.316 e. The fourth-order valence-corrected chi connectivity index (χ4v) is 4.25. The second kappa shape index (κ2) is 7.39. The van der Waals surface area contributed by atoms with Crippen LogP contribution in [0.25, 0.3) is 0 Å². The first kappa shape index (κ1) is 13.2. The van der Waals surface area contributed by atoms with E-state index in [0.717, 1.165) is 18.6 Å². The molecule has 1 aliphatic carbocycles. The first-order valence-corrected chi connectivity index (χ1v) is 7.72. The van der Waals surface area contributed by atoms with E-state index in [9.17, 15) is 4.21 Å². The average Bonchev–Trinajstić information content (AvgIpc) is 2.29. The molecule has 0 saturated heterocycles. The van der Waals surface area contributed by atoms with Crippen molar-refractivity contribution in [3.05, 3.63) is 0 Å².